The van der Waals surface area contributed by atoms with Crippen LogP contribution >= 0.6 is 0 Å². The maximum atomic E-state index is 11.2. The third-order valence-electron chi connectivity index (χ3n) is 3.90. The lowest BCUT2D eigenvalue weighted by Crippen LogP contribution is -2.31. The zero-order valence-electron chi connectivity index (χ0n) is 11.8. The van der Waals surface area contributed by atoms with Crippen molar-refractivity contribution in [2.24, 2.45) is 5.92 Å². The fourth-order valence-corrected chi connectivity index (χ4v) is 2.71. The second kappa shape index (κ2) is 6.17. The van der Waals surface area contributed by atoms with Crippen molar-refractivity contribution in [2.75, 3.05) is 38.2 Å². The van der Waals surface area contributed by atoms with Crippen LogP contribution in [0.3, 0.4) is 0 Å². The summed E-state index contributed by atoms with van der Waals surface area (Å²) in [6, 6.07) is 3.12. The maximum Gasteiger partial charge on any atom is 0.296 e. The summed E-state index contributed by atoms with van der Waals surface area (Å²) in [7, 11) is 0. The first-order valence-corrected chi connectivity index (χ1v) is 7.26. The van der Waals surface area contributed by atoms with E-state index in [1.807, 2.05) is 0 Å². The first kappa shape index (κ1) is 13.9. The molecule has 21 heavy (non-hydrogen) atoms. The van der Waals surface area contributed by atoms with Crippen molar-refractivity contribution in [3.63, 3.8) is 0 Å². The summed E-state index contributed by atoms with van der Waals surface area (Å²) in [6.07, 6.45) is 2.18. The van der Waals surface area contributed by atoms with Gasteiger partial charge in [0.25, 0.3) is 5.69 Å². The van der Waals surface area contributed by atoms with Crippen molar-refractivity contribution in [2.45, 2.75) is 12.8 Å². The predicted molar refractivity (Wildman–Crippen MR) is 78.2 cm³/mol. The van der Waals surface area contributed by atoms with E-state index in [0.29, 0.717) is 36.3 Å². The van der Waals surface area contributed by atoms with Gasteiger partial charge in [0.05, 0.1) is 11.0 Å². The monoisotopic (exact) mass is 293 g/mol. The largest absolute Gasteiger partial charge is 0.486 e. The van der Waals surface area contributed by atoms with E-state index in [4.69, 9.17) is 9.47 Å². The molecule has 1 fully saturated rings. The third kappa shape index (κ3) is 3.18. The molecule has 2 heterocycles. The molecule has 0 unspecified atom stereocenters. The summed E-state index contributed by atoms with van der Waals surface area (Å²) in [5.41, 5.74) is 0.538. The van der Waals surface area contributed by atoms with Crippen molar-refractivity contribution in [1.82, 2.24) is 5.32 Å². The molecule has 1 aromatic carbocycles. The number of nitro groups is 1. The molecule has 7 nitrogen and oxygen atoms in total. The number of rotatable bonds is 4. The summed E-state index contributed by atoms with van der Waals surface area (Å²) < 4.78 is 10.9. The second-order valence-corrected chi connectivity index (χ2v) is 5.34. The topological polar surface area (TPSA) is 85.7 Å². The van der Waals surface area contributed by atoms with Crippen LogP contribution in [0, 0.1) is 16.0 Å². The first-order valence-electron chi connectivity index (χ1n) is 7.26. The van der Waals surface area contributed by atoms with Crippen molar-refractivity contribution >= 4 is 11.4 Å². The number of nitrogens with one attached hydrogen (secondary N) is 2. The van der Waals surface area contributed by atoms with Crippen LogP contribution in [-0.2, 0) is 0 Å². The molecule has 114 valence electrons. The standard InChI is InChI=1S/C14H19N3O4/c18-17(19)12-8-14-13(20-5-6-21-14)7-11(12)16-9-10-1-3-15-4-2-10/h7-8,10,15-16H,1-6,9H2. The molecule has 1 saturated heterocycles. The SMILES string of the molecule is O=[N+]([O-])c1cc2c(cc1NCC1CCNCC1)OCCO2. The molecule has 2 aliphatic rings. The Morgan fingerprint density at radius 3 is 2.57 bits per heavy atom. The van der Waals surface area contributed by atoms with Gasteiger partial charge in [-0.1, -0.05) is 0 Å². The normalized spacial score (nSPS) is 18.3. The number of hydrogen-bond donors (Lipinski definition) is 2. The van der Waals surface area contributed by atoms with Gasteiger partial charge < -0.3 is 20.1 Å². The molecule has 3 rings (SSSR count). The van der Waals surface area contributed by atoms with Crippen molar-refractivity contribution in [3.05, 3.63) is 22.2 Å². The van der Waals surface area contributed by atoms with Gasteiger partial charge in [0.15, 0.2) is 11.5 Å². The van der Waals surface area contributed by atoms with Crippen LogP contribution in [0.4, 0.5) is 11.4 Å². The van der Waals surface area contributed by atoms with E-state index < -0.39 is 0 Å². The van der Waals surface area contributed by atoms with E-state index in [1.165, 1.54) is 6.07 Å². The van der Waals surface area contributed by atoms with Crippen LogP contribution in [-0.4, -0.2) is 37.8 Å². The molecule has 1 aromatic rings. The van der Waals surface area contributed by atoms with Crippen LogP contribution in [0.25, 0.3) is 0 Å². The lowest BCUT2D eigenvalue weighted by atomic mass is 9.98. The van der Waals surface area contributed by atoms with Crippen LogP contribution < -0.4 is 20.1 Å². The van der Waals surface area contributed by atoms with Gasteiger partial charge in [0.1, 0.15) is 18.9 Å². The molecular weight excluding hydrogens is 274 g/mol. The van der Waals surface area contributed by atoms with E-state index in [9.17, 15) is 10.1 Å². The van der Waals surface area contributed by atoms with E-state index >= 15 is 0 Å². The summed E-state index contributed by atoms with van der Waals surface area (Å²) >= 11 is 0. The number of nitro benzene ring substituents is 1. The minimum Gasteiger partial charge on any atom is -0.486 e. The molecule has 0 aromatic heterocycles. The van der Waals surface area contributed by atoms with Crippen molar-refractivity contribution in [1.29, 1.82) is 0 Å². The number of hydrogen-bond acceptors (Lipinski definition) is 6. The number of nitrogens with zero attached hydrogens (tertiary/aromatic N) is 1. The number of benzene rings is 1. The van der Waals surface area contributed by atoms with Crippen LogP contribution in [0.1, 0.15) is 12.8 Å². The van der Waals surface area contributed by atoms with Gasteiger partial charge in [0.2, 0.25) is 0 Å². The van der Waals surface area contributed by atoms with Gasteiger partial charge in [-0.25, -0.2) is 0 Å². The highest BCUT2D eigenvalue weighted by Crippen LogP contribution is 2.39. The Balaban J connectivity index is 1.77. The minimum absolute atomic E-state index is 0.0354. The molecule has 2 aliphatic heterocycles. The Kier molecular flexibility index (Phi) is 4.10. The Morgan fingerprint density at radius 1 is 1.24 bits per heavy atom. The Morgan fingerprint density at radius 2 is 1.90 bits per heavy atom. The molecule has 2 N–H and O–H groups in total. The highest BCUT2D eigenvalue weighted by atomic mass is 16.6. The minimum atomic E-state index is -0.386. The average molecular weight is 293 g/mol. The van der Waals surface area contributed by atoms with Gasteiger partial charge in [0, 0.05) is 12.6 Å². The van der Waals surface area contributed by atoms with Gasteiger partial charge in [-0.15, -0.1) is 0 Å². The Labute approximate surface area is 122 Å². The summed E-state index contributed by atoms with van der Waals surface area (Å²) in [6.45, 7) is 3.65. The molecule has 0 radical (unpaired) electrons. The lowest BCUT2D eigenvalue weighted by Gasteiger charge is -2.24. The third-order valence-corrected chi connectivity index (χ3v) is 3.90. The number of ether oxygens (including phenoxy) is 2. The summed E-state index contributed by atoms with van der Waals surface area (Å²) in [5.74, 6) is 1.55. The van der Waals surface area contributed by atoms with Gasteiger partial charge in [-0.2, -0.15) is 0 Å². The highest BCUT2D eigenvalue weighted by Gasteiger charge is 2.23. The molecule has 7 heteroatoms. The smallest absolute Gasteiger partial charge is 0.296 e. The van der Waals surface area contributed by atoms with Gasteiger partial charge in [-0.05, 0) is 31.8 Å². The average Bonchev–Trinajstić information content (AvgIpc) is 2.53. The summed E-state index contributed by atoms with van der Waals surface area (Å²) in [4.78, 5) is 10.8. The summed E-state index contributed by atoms with van der Waals surface area (Å²) in [5, 5.41) is 17.7. The maximum absolute atomic E-state index is 11.2. The number of piperidine rings is 1. The molecule has 0 amide bonds. The zero-order valence-corrected chi connectivity index (χ0v) is 11.8. The molecule has 0 saturated carbocycles. The predicted octanol–water partition coefficient (Wildman–Crippen LogP) is 1.78. The van der Waals surface area contributed by atoms with Crippen molar-refractivity contribution in [3.8, 4) is 11.5 Å². The van der Waals surface area contributed by atoms with E-state index in [2.05, 4.69) is 10.6 Å². The Hall–Kier alpha value is -2.02. The van der Waals surface area contributed by atoms with Crippen molar-refractivity contribution < 1.29 is 14.4 Å². The van der Waals surface area contributed by atoms with Crippen LogP contribution in [0.2, 0.25) is 0 Å². The fourth-order valence-electron chi connectivity index (χ4n) is 2.71. The number of fused-ring (bicyclic) bond motifs is 1. The highest BCUT2D eigenvalue weighted by molar-refractivity contribution is 5.68. The van der Waals surface area contributed by atoms with E-state index in [-0.39, 0.29) is 10.6 Å². The molecule has 0 bridgehead atoms. The molecular formula is C14H19N3O4. The zero-order chi connectivity index (χ0) is 14.7. The number of anilines is 1. The quantitative estimate of drug-likeness (QED) is 0.650. The lowest BCUT2D eigenvalue weighted by molar-refractivity contribution is -0.384. The molecule has 0 aliphatic carbocycles. The molecule has 0 atom stereocenters. The second-order valence-electron chi connectivity index (χ2n) is 5.34. The van der Waals surface area contributed by atoms with E-state index in [0.717, 1.165) is 32.5 Å². The Bertz CT molecular complexity index is 529. The molecule has 0 spiro atoms. The van der Waals surface area contributed by atoms with Gasteiger partial charge in [-0.3, -0.25) is 10.1 Å². The van der Waals surface area contributed by atoms with Gasteiger partial charge >= 0.3 is 0 Å². The fraction of sp³-hybridized carbons (Fsp3) is 0.571. The van der Waals surface area contributed by atoms with Crippen LogP contribution in [0.15, 0.2) is 12.1 Å². The van der Waals surface area contributed by atoms with E-state index in [1.54, 1.807) is 6.07 Å². The van der Waals surface area contributed by atoms with Crippen LogP contribution in [0.5, 0.6) is 11.5 Å². The first-order chi connectivity index (χ1) is 10.2.